The number of ether oxygens (including phenoxy) is 1. The molecule has 0 fully saturated rings. The highest BCUT2D eigenvalue weighted by Gasteiger charge is 2.31. The number of alkyl halides is 3. The van der Waals surface area contributed by atoms with Crippen LogP contribution in [0.1, 0.15) is 0 Å². The maximum atomic E-state index is 14.2. The van der Waals surface area contributed by atoms with Gasteiger partial charge in [-0.05, 0) is 35.9 Å². The molecule has 11 heteroatoms. The van der Waals surface area contributed by atoms with Crippen LogP contribution >= 0.6 is 34.5 Å². The van der Waals surface area contributed by atoms with E-state index in [4.69, 9.17) is 23.2 Å². The summed E-state index contributed by atoms with van der Waals surface area (Å²) < 4.78 is 57.5. The van der Waals surface area contributed by atoms with Crippen molar-refractivity contribution in [2.45, 2.75) is 6.36 Å². The van der Waals surface area contributed by atoms with Crippen molar-refractivity contribution in [2.75, 3.05) is 0 Å². The zero-order chi connectivity index (χ0) is 22.3. The van der Waals surface area contributed by atoms with Crippen LogP contribution < -0.4 is 4.74 Å². The number of aryl methyl sites for hydroxylation is 1. The molecule has 0 unspecified atom stereocenters. The second-order valence-electron chi connectivity index (χ2n) is 6.35. The zero-order valence-electron chi connectivity index (χ0n) is 15.5. The Labute approximate surface area is 187 Å². The lowest BCUT2D eigenvalue weighted by Crippen LogP contribution is -2.17. The molecule has 0 spiro atoms. The quantitative estimate of drug-likeness (QED) is 0.285. The summed E-state index contributed by atoms with van der Waals surface area (Å²) in [6, 6.07) is 11.5. The van der Waals surface area contributed by atoms with Crippen LogP contribution in [0.5, 0.6) is 5.75 Å². The van der Waals surface area contributed by atoms with Gasteiger partial charge in [0.2, 0.25) is 0 Å². The van der Waals surface area contributed by atoms with Crippen molar-refractivity contribution in [1.29, 1.82) is 0 Å². The fourth-order valence-corrected chi connectivity index (χ4v) is 4.46. The monoisotopic (exact) mass is 487 g/mol. The summed E-state index contributed by atoms with van der Waals surface area (Å²) in [6.07, 6.45) is -4.79. The molecule has 0 radical (unpaired) electrons. The van der Waals surface area contributed by atoms with E-state index in [2.05, 4.69) is 14.8 Å². The highest BCUT2D eigenvalue weighted by Crippen LogP contribution is 2.41. The van der Waals surface area contributed by atoms with Crippen LogP contribution in [0.4, 0.5) is 17.6 Å². The highest BCUT2D eigenvalue weighted by molar-refractivity contribution is 7.20. The highest BCUT2D eigenvalue weighted by atomic mass is 35.5. The van der Waals surface area contributed by atoms with Gasteiger partial charge in [0.25, 0.3) is 0 Å². The minimum atomic E-state index is -4.79. The number of hydrogen-bond acceptors (Lipinski definition) is 4. The molecule has 31 heavy (non-hydrogen) atoms. The second-order valence-corrected chi connectivity index (χ2v) is 8.41. The van der Waals surface area contributed by atoms with Crippen LogP contribution in [-0.2, 0) is 7.05 Å². The fourth-order valence-electron chi connectivity index (χ4n) is 2.95. The van der Waals surface area contributed by atoms with Crippen LogP contribution in [0.15, 0.2) is 48.5 Å². The van der Waals surface area contributed by atoms with Gasteiger partial charge in [0.05, 0.1) is 10.6 Å². The summed E-state index contributed by atoms with van der Waals surface area (Å²) in [7, 11) is 1.62. The number of aromatic nitrogens is 3. The molecule has 4 rings (SSSR count). The predicted octanol–water partition coefficient (Wildman–Crippen LogP) is 7.22. The molecule has 2 aromatic carbocycles. The molecule has 0 aliphatic heterocycles. The maximum absolute atomic E-state index is 14.2. The first-order chi connectivity index (χ1) is 14.6. The molecule has 4 aromatic rings. The van der Waals surface area contributed by atoms with Gasteiger partial charge in [0, 0.05) is 17.5 Å². The molecule has 2 heterocycles. The number of halogens is 6. The summed E-state index contributed by atoms with van der Waals surface area (Å²) >= 11 is 13.7. The SMILES string of the molecule is Cn1nc(-c2c(F)cccc2Cl)nc1-c1cc(-c2cccc(OC(F)(F)F)c2)sc1Cl. The van der Waals surface area contributed by atoms with Crippen molar-refractivity contribution in [1.82, 2.24) is 14.8 Å². The van der Waals surface area contributed by atoms with E-state index in [1.807, 2.05) is 0 Å². The lowest BCUT2D eigenvalue weighted by molar-refractivity contribution is -0.274. The van der Waals surface area contributed by atoms with E-state index in [0.717, 1.165) is 11.3 Å². The third kappa shape index (κ3) is 4.53. The van der Waals surface area contributed by atoms with E-state index >= 15 is 0 Å². The van der Waals surface area contributed by atoms with E-state index in [1.54, 1.807) is 19.2 Å². The minimum Gasteiger partial charge on any atom is -0.406 e. The number of benzene rings is 2. The van der Waals surface area contributed by atoms with Crippen LogP contribution in [0, 0.1) is 5.82 Å². The van der Waals surface area contributed by atoms with E-state index in [1.165, 1.54) is 41.1 Å². The molecule has 0 bridgehead atoms. The zero-order valence-corrected chi connectivity index (χ0v) is 17.9. The lowest BCUT2D eigenvalue weighted by atomic mass is 10.1. The first kappa shape index (κ1) is 21.6. The number of rotatable bonds is 4. The average Bonchev–Trinajstić information content (AvgIpc) is 3.23. The number of hydrogen-bond donors (Lipinski definition) is 0. The van der Waals surface area contributed by atoms with Gasteiger partial charge in [-0.2, -0.15) is 5.10 Å². The Morgan fingerprint density at radius 2 is 1.81 bits per heavy atom. The van der Waals surface area contributed by atoms with Crippen molar-refractivity contribution in [3.63, 3.8) is 0 Å². The van der Waals surface area contributed by atoms with Crippen molar-refractivity contribution < 1.29 is 22.3 Å². The third-order valence-corrected chi connectivity index (χ3v) is 5.95. The summed E-state index contributed by atoms with van der Waals surface area (Å²) in [4.78, 5) is 4.98. The van der Waals surface area contributed by atoms with E-state index < -0.39 is 12.2 Å². The topological polar surface area (TPSA) is 39.9 Å². The standard InChI is InChI=1S/C20H11Cl2F4N3OS/c1-29-19(27-18(28-29)16-13(21)6-3-7-14(16)23)12-9-15(31-17(12)22)10-4-2-5-11(8-10)30-20(24,25)26/h2-9H,1H3. The van der Waals surface area contributed by atoms with Gasteiger partial charge < -0.3 is 4.74 Å². The molecule has 2 aromatic heterocycles. The summed E-state index contributed by atoms with van der Waals surface area (Å²) in [5.41, 5.74) is 1.05. The van der Waals surface area contributed by atoms with Crippen LogP contribution in [0.3, 0.4) is 0 Å². The van der Waals surface area contributed by atoms with Crippen molar-refractivity contribution in [2.24, 2.45) is 7.05 Å². The summed E-state index contributed by atoms with van der Waals surface area (Å²) in [6.45, 7) is 0. The van der Waals surface area contributed by atoms with Gasteiger partial charge in [-0.1, -0.05) is 41.4 Å². The minimum absolute atomic E-state index is 0.0644. The third-order valence-electron chi connectivity index (χ3n) is 4.23. The van der Waals surface area contributed by atoms with Gasteiger partial charge in [-0.15, -0.1) is 24.5 Å². The number of thiophene rings is 1. The van der Waals surface area contributed by atoms with Crippen LogP contribution in [0.25, 0.3) is 33.2 Å². The van der Waals surface area contributed by atoms with Crippen molar-refractivity contribution in [3.05, 3.63) is 63.7 Å². The molecule has 0 N–H and O–H groups in total. The second kappa shape index (κ2) is 8.14. The first-order valence-electron chi connectivity index (χ1n) is 8.63. The molecule has 160 valence electrons. The molecular formula is C20H11Cl2F4N3OS. The van der Waals surface area contributed by atoms with Gasteiger partial charge in [-0.3, -0.25) is 0 Å². The Bertz CT molecular complexity index is 1250. The lowest BCUT2D eigenvalue weighted by Gasteiger charge is -2.09. The summed E-state index contributed by atoms with van der Waals surface area (Å²) in [5.74, 6) is -0.469. The van der Waals surface area contributed by atoms with Gasteiger partial charge in [-0.25, -0.2) is 14.1 Å². The molecule has 0 atom stereocenters. The Hall–Kier alpha value is -2.62. The Kier molecular flexibility index (Phi) is 5.67. The van der Waals surface area contributed by atoms with E-state index in [9.17, 15) is 17.6 Å². The first-order valence-corrected chi connectivity index (χ1v) is 10.2. The molecule has 0 aliphatic carbocycles. The normalized spacial score (nSPS) is 11.7. The smallest absolute Gasteiger partial charge is 0.406 e. The molecule has 0 saturated heterocycles. The van der Waals surface area contributed by atoms with E-state index in [0.29, 0.717) is 26.2 Å². The van der Waals surface area contributed by atoms with E-state index in [-0.39, 0.29) is 22.2 Å². The molecule has 0 amide bonds. The Balaban J connectivity index is 1.73. The van der Waals surface area contributed by atoms with Crippen LogP contribution in [0.2, 0.25) is 9.36 Å². The maximum Gasteiger partial charge on any atom is 0.573 e. The van der Waals surface area contributed by atoms with Crippen molar-refractivity contribution in [3.8, 4) is 39.0 Å². The van der Waals surface area contributed by atoms with Gasteiger partial charge >= 0.3 is 6.36 Å². The molecule has 4 nitrogen and oxygen atoms in total. The van der Waals surface area contributed by atoms with Gasteiger partial charge in [0.15, 0.2) is 11.6 Å². The number of nitrogens with zero attached hydrogens (tertiary/aromatic N) is 3. The Morgan fingerprint density at radius 1 is 1.06 bits per heavy atom. The summed E-state index contributed by atoms with van der Waals surface area (Å²) in [5, 5.41) is 4.40. The molecule has 0 aliphatic rings. The average molecular weight is 488 g/mol. The van der Waals surface area contributed by atoms with Gasteiger partial charge in [0.1, 0.15) is 15.9 Å². The van der Waals surface area contributed by atoms with Crippen molar-refractivity contribution >= 4 is 34.5 Å². The fraction of sp³-hybridized carbons (Fsp3) is 0.100. The Morgan fingerprint density at radius 3 is 2.52 bits per heavy atom. The largest absolute Gasteiger partial charge is 0.573 e. The van der Waals surface area contributed by atoms with Crippen LogP contribution in [-0.4, -0.2) is 21.1 Å². The molecular weight excluding hydrogens is 477 g/mol. The predicted molar refractivity (Wildman–Crippen MR) is 112 cm³/mol. The molecule has 0 saturated carbocycles.